The van der Waals surface area contributed by atoms with Crippen LogP contribution >= 0.6 is 0 Å². The molecule has 0 N–H and O–H groups in total. The molecular weight excluding hydrogens is 286 g/mol. The fourth-order valence-corrected chi connectivity index (χ4v) is 3.09. The van der Waals surface area contributed by atoms with E-state index in [1.165, 1.54) is 12.8 Å². The van der Waals surface area contributed by atoms with Crippen LogP contribution in [0.2, 0.25) is 0 Å². The molecule has 1 aromatic heterocycles. The van der Waals surface area contributed by atoms with Gasteiger partial charge in [0.25, 0.3) is 0 Å². The van der Waals surface area contributed by atoms with Crippen LogP contribution < -0.4 is 0 Å². The number of benzene rings is 1. The molecule has 1 aliphatic heterocycles. The number of pyridine rings is 1. The number of hydrogen-bond acceptors (Lipinski definition) is 3. The van der Waals surface area contributed by atoms with E-state index in [2.05, 4.69) is 9.88 Å². The summed E-state index contributed by atoms with van der Waals surface area (Å²) in [5.74, 6) is 0.0817. The van der Waals surface area contributed by atoms with Gasteiger partial charge in [-0.25, -0.2) is 4.79 Å². The van der Waals surface area contributed by atoms with Crippen molar-refractivity contribution in [1.82, 2.24) is 9.88 Å². The molecule has 1 fully saturated rings. The van der Waals surface area contributed by atoms with Crippen molar-refractivity contribution in [1.29, 1.82) is 0 Å². The minimum absolute atomic E-state index is 0.0817. The highest BCUT2D eigenvalue weighted by molar-refractivity contribution is 5.91. The predicted molar refractivity (Wildman–Crippen MR) is 89.8 cm³/mol. The van der Waals surface area contributed by atoms with Crippen molar-refractivity contribution >= 4 is 12.1 Å². The molecule has 23 heavy (non-hydrogen) atoms. The minimum atomic E-state index is 0.0817. The Hall–Kier alpha value is -2.33. The van der Waals surface area contributed by atoms with E-state index in [0.29, 0.717) is 0 Å². The molecule has 1 aromatic carbocycles. The minimum Gasteiger partial charge on any atom is -0.285 e. The zero-order chi connectivity index (χ0) is 15.6. The Balaban J connectivity index is 1.55. The van der Waals surface area contributed by atoms with E-state index >= 15 is 0 Å². The van der Waals surface area contributed by atoms with Gasteiger partial charge in [-0.2, -0.15) is 4.58 Å². The summed E-state index contributed by atoms with van der Waals surface area (Å²) in [7, 11) is 0. The largest absolute Gasteiger partial charge is 0.419 e. The van der Waals surface area contributed by atoms with Crippen LogP contribution in [0.5, 0.6) is 0 Å². The number of amides is 1. The van der Waals surface area contributed by atoms with Crippen molar-refractivity contribution < 1.29 is 9.37 Å². The highest BCUT2D eigenvalue weighted by Crippen LogP contribution is 2.26. The van der Waals surface area contributed by atoms with E-state index in [1.54, 1.807) is 6.20 Å². The Labute approximate surface area is 136 Å². The number of hydrogen-bond donors (Lipinski definition) is 0. The van der Waals surface area contributed by atoms with Crippen LogP contribution in [0.4, 0.5) is 0 Å². The highest BCUT2D eigenvalue weighted by atomic mass is 16.2. The summed E-state index contributed by atoms with van der Waals surface area (Å²) < 4.78 is 1.86. The lowest BCUT2D eigenvalue weighted by Gasteiger charge is -2.21. The third-order valence-corrected chi connectivity index (χ3v) is 4.56. The number of carbonyl (C=O) groups is 1. The smallest absolute Gasteiger partial charge is 0.285 e. The summed E-state index contributed by atoms with van der Waals surface area (Å²) in [5, 5.41) is 0. The molecule has 0 spiro atoms. The van der Waals surface area contributed by atoms with Gasteiger partial charge in [-0.05, 0) is 37.1 Å². The lowest BCUT2D eigenvalue weighted by atomic mass is 10.1. The molecule has 4 heteroatoms. The monoisotopic (exact) mass is 306 g/mol. The normalized spacial score (nSPS) is 18.5. The third kappa shape index (κ3) is 3.08. The van der Waals surface area contributed by atoms with Gasteiger partial charge in [0.05, 0.1) is 24.3 Å². The van der Waals surface area contributed by atoms with Gasteiger partial charge in [-0.3, -0.25) is 9.88 Å². The molecule has 0 unspecified atom stereocenters. The first-order chi connectivity index (χ1) is 11.3. The molecule has 4 nitrogen and oxygen atoms in total. The molecule has 2 heterocycles. The second-order valence-electron chi connectivity index (χ2n) is 6.20. The van der Waals surface area contributed by atoms with E-state index < -0.39 is 0 Å². The first-order valence-electron chi connectivity index (χ1n) is 8.21. The molecule has 4 rings (SSSR count). The number of nitrogens with zero attached hydrogens (tertiary/aromatic N) is 3. The van der Waals surface area contributed by atoms with Crippen LogP contribution in [0, 0.1) is 0 Å². The van der Waals surface area contributed by atoms with Gasteiger partial charge in [-0.1, -0.05) is 18.2 Å². The molecular formula is C19H20N3O+. The van der Waals surface area contributed by atoms with Crippen LogP contribution in [0.1, 0.15) is 23.2 Å². The molecule has 2 aliphatic rings. The lowest BCUT2D eigenvalue weighted by molar-refractivity contribution is -0.431. The van der Waals surface area contributed by atoms with E-state index in [4.69, 9.17) is 0 Å². The topological polar surface area (TPSA) is 36.2 Å². The summed E-state index contributed by atoms with van der Waals surface area (Å²) in [6.07, 6.45) is 6.44. The van der Waals surface area contributed by atoms with Crippen molar-refractivity contribution in [3.63, 3.8) is 0 Å². The van der Waals surface area contributed by atoms with Crippen LogP contribution in [0.15, 0.2) is 48.7 Å². The van der Waals surface area contributed by atoms with Crippen molar-refractivity contribution in [2.75, 3.05) is 19.6 Å². The fraction of sp³-hybridized carbons (Fsp3) is 0.316. The van der Waals surface area contributed by atoms with Gasteiger partial charge in [0.1, 0.15) is 0 Å². The Kier molecular flexibility index (Phi) is 3.75. The van der Waals surface area contributed by atoms with Gasteiger partial charge in [-0.15, -0.1) is 0 Å². The molecule has 1 amide bonds. The Morgan fingerprint density at radius 1 is 1.17 bits per heavy atom. The SMILES string of the molecule is O=C(c1cccc(-c2ccccn2)c1)[N+]1=CCN(C2CC2)CC1. The average molecular weight is 306 g/mol. The van der Waals surface area contributed by atoms with Gasteiger partial charge in [0.15, 0.2) is 12.8 Å². The van der Waals surface area contributed by atoms with Crippen LogP contribution in [-0.2, 0) is 0 Å². The first kappa shape index (κ1) is 14.3. The standard InChI is InChI=1S/C19H20N3O/c23-19(22-12-10-21(11-13-22)17-7-8-17)16-5-3-4-15(14-16)18-6-1-2-9-20-18/h1-6,9,12,14,17H,7-8,10-11,13H2/q+1. The molecule has 2 aromatic rings. The Morgan fingerprint density at radius 3 is 2.78 bits per heavy atom. The van der Waals surface area contributed by atoms with Crippen LogP contribution in [0.3, 0.4) is 0 Å². The fourth-order valence-electron chi connectivity index (χ4n) is 3.09. The van der Waals surface area contributed by atoms with Gasteiger partial charge in [0, 0.05) is 17.8 Å². The third-order valence-electron chi connectivity index (χ3n) is 4.56. The van der Waals surface area contributed by atoms with E-state index in [-0.39, 0.29) is 5.91 Å². The number of rotatable bonds is 3. The Bertz CT molecular complexity index is 750. The predicted octanol–water partition coefficient (Wildman–Crippen LogP) is 2.45. The zero-order valence-electron chi connectivity index (χ0n) is 13.1. The van der Waals surface area contributed by atoms with Crippen molar-refractivity contribution in [3.8, 4) is 11.3 Å². The van der Waals surface area contributed by atoms with Crippen molar-refractivity contribution in [2.45, 2.75) is 18.9 Å². The first-order valence-corrected chi connectivity index (χ1v) is 8.21. The molecule has 0 atom stereocenters. The van der Waals surface area contributed by atoms with Gasteiger partial charge >= 0.3 is 5.91 Å². The van der Waals surface area contributed by atoms with Gasteiger partial charge in [0.2, 0.25) is 0 Å². The molecule has 0 saturated heterocycles. The van der Waals surface area contributed by atoms with E-state index in [9.17, 15) is 4.79 Å². The number of carbonyl (C=O) groups excluding carboxylic acids is 1. The quantitative estimate of drug-likeness (QED) is 0.817. The maximum Gasteiger partial charge on any atom is 0.419 e. The average Bonchev–Trinajstić information content (AvgIpc) is 3.47. The summed E-state index contributed by atoms with van der Waals surface area (Å²) in [6.45, 7) is 2.65. The van der Waals surface area contributed by atoms with Gasteiger partial charge < -0.3 is 0 Å². The summed E-state index contributed by atoms with van der Waals surface area (Å²) >= 11 is 0. The van der Waals surface area contributed by atoms with E-state index in [1.807, 2.05) is 53.3 Å². The zero-order valence-corrected chi connectivity index (χ0v) is 13.1. The lowest BCUT2D eigenvalue weighted by Crippen LogP contribution is -2.42. The summed E-state index contributed by atoms with van der Waals surface area (Å²) in [6, 6.07) is 14.3. The second-order valence-corrected chi connectivity index (χ2v) is 6.20. The molecule has 1 saturated carbocycles. The molecule has 1 aliphatic carbocycles. The molecule has 0 bridgehead atoms. The van der Waals surface area contributed by atoms with Crippen molar-refractivity contribution in [3.05, 3.63) is 54.2 Å². The molecule has 116 valence electrons. The van der Waals surface area contributed by atoms with Crippen LogP contribution in [0.25, 0.3) is 11.3 Å². The molecule has 0 radical (unpaired) electrons. The summed E-state index contributed by atoms with van der Waals surface area (Å²) in [5.41, 5.74) is 2.60. The highest BCUT2D eigenvalue weighted by Gasteiger charge is 2.33. The van der Waals surface area contributed by atoms with Crippen molar-refractivity contribution in [2.24, 2.45) is 0 Å². The second kappa shape index (κ2) is 6.05. The number of aromatic nitrogens is 1. The Morgan fingerprint density at radius 2 is 2.09 bits per heavy atom. The maximum atomic E-state index is 12.7. The maximum absolute atomic E-state index is 12.7. The van der Waals surface area contributed by atoms with Crippen LogP contribution in [-0.4, -0.2) is 52.3 Å². The summed E-state index contributed by atoms with van der Waals surface area (Å²) in [4.78, 5) is 19.6. The van der Waals surface area contributed by atoms with E-state index in [0.717, 1.165) is 42.5 Å².